The van der Waals surface area contributed by atoms with Crippen LogP contribution < -0.4 is 10.6 Å². The van der Waals surface area contributed by atoms with E-state index in [9.17, 15) is 26.4 Å². The molecule has 0 heterocycles. The summed E-state index contributed by atoms with van der Waals surface area (Å²) in [5.74, 6) is -0.432. The number of rotatable bonds is 4. The molecule has 0 spiro atoms. The van der Waals surface area contributed by atoms with Crippen molar-refractivity contribution in [2.24, 2.45) is 0 Å². The number of carbonyl (C=O) groups excluding carboxylic acids is 2. The van der Waals surface area contributed by atoms with Gasteiger partial charge < -0.3 is 10.6 Å². The normalized spacial score (nSPS) is 11.0. The van der Waals surface area contributed by atoms with Crippen molar-refractivity contribution in [2.45, 2.75) is 23.6 Å². The summed E-state index contributed by atoms with van der Waals surface area (Å²) in [6.07, 6.45) is 0. The Morgan fingerprint density at radius 1 is 0.643 bits per heavy atom. The van der Waals surface area contributed by atoms with Crippen molar-refractivity contribution in [1.82, 2.24) is 0 Å². The zero-order valence-electron chi connectivity index (χ0n) is 14.6. The summed E-state index contributed by atoms with van der Waals surface area (Å²) in [6, 6.07) is 11.2. The molecule has 0 aliphatic heterocycles. The fraction of sp³-hybridized carbons (Fsp3) is 0.125. The Bertz CT molecular complexity index is 964. The van der Waals surface area contributed by atoms with Crippen LogP contribution in [0.2, 0.25) is 0 Å². The van der Waals surface area contributed by atoms with Crippen LogP contribution in [0.4, 0.5) is 11.4 Å². The Morgan fingerprint density at radius 2 is 0.893 bits per heavy atom. The third-order valence-electron chi connectivity index (χ3n) is 2.91. The topological polar surface area (TPSA) is 126 Å². The summed E-state index contributed by atoms with van der Waals surface area (Å²) < 4.78 is 43.4. The smallest absolute Gasteiger partial charge is 0.261 e. The maximum Gasteiger partial charge on any atom is 0.261 e. The van der Waals surface area contributed by atoms with Gasteiger partial charge in [0.1, 0.15) is 0 Å². The molecule has 2 amide bonds. The van der Waals surface area contributed by atoms with E-state index in [1.165, 1.54) is 62.4 Å². The lowest BCUT2D eigenvalue weighted by molar-refractivity contribution is -0.115. The number of amides is 2. The van der Waals surface area contributed by atoms with Crippen LogP contribution in [0.1, 0.15) is 13.8 Å². The Hall–Kier alpha value is -2.14. The van der Waals surface area contributed by atoms with Crippen molar-refractivity contribution in [2.75, 3.05) is 10.6 Å². The van der Waals surface area contributed by atoms with Gasteiger partial charge in [-0.25, -0.2) is 16.8 Å². The molecule has 0 saturated carbocycles. The molecule has 152 valence electrons. The number of benzene rings is 2. The minimum atomic E-state index is -3.69. The van der Waals surface area contributed by atoms with Gasteiger partial charge in [-0.05, 0) is 48.5 Å². The molecule has 0 saturated heterocycles. The highest BCUT2D eigenvalue weighted by molar-refractivity contribution is 8.14. The van der Waals surface area contributed by atoms with E-state index in [4.69, 9.17) is 21.4 Å². The summed E-state index contributed by atoms with van der Waals surface area (Å²) >= 11 is 0. The van der Waals surface area contributed by atoms with Gasteiger partial charge in [-0.2, -0.15) is 0 Å². The van der Waals surface area contributed by atoms with E-state index in [0.717, 1.165) is 0 Å². The Kier molecular flexibility index (Phi) is 8.43. The minimum Gasteiger partial charge on any atom is -0.326 e. The SMILES string of the molecule is CC(=O)Nc1ccc(S(=O)(=O)Cl)cc1.CC(=O)Nc1ccc(S(=O)(=O)Cl)cc1. The first-order chi connectivity index (χ1) is 12.8. The van der Waals surface area contributed by atoms with E-state index in [0.29, 0.717) is 11.4 Å². The second-order valence-corrected chi connectivity index (χ2v) is 10.4. The summed E-state index contributed by atoms with van der Waals surface area (Å²) in [5, 5.41) is 5.01. The van der Waals surface area contributed by atoms with Gasteiger partial charge in [0.2, 0.25) is 11.8 Å². The lowest BCUT2D eigenvalue weighted by Crippen LogP contribution is -2.05. The van der Waals surface area contributed by atoms with E-state index in [1.807, 2.05) is 0 Å². The van der Waals surface area contributed by atoms with Gasteiger partial charge in [0, 0.05) is 46.6 Å². The predicted octanol–water partition coefficient (Wildman–Crippen LogP) is 3.15. The summed E-state index contributed by atoms with van der Waals surface area (Å²) in [6.45, 7) is 2.73. The summed E-state index contributed by atoms with van der Waals surface area (Å²) in [5.41, 5.74) is 1.06. The highest BCUT2D eigenvalue weighted by Gasteiger charge is 2.09. The van der Waals surface area contributed by atoms with Crippen molar-refractivity contribution in [3.8, 4) is 0 Å². The van der Waals surface area contributed by atoms with Crippen LogP contribution in [-0.2, 0) is 27.7 Å². The molecule has 0 aliphatic carbocycles. The first kappa shape index (κ1) is 23.9. The summed E-state index contributed by atoms with van der Waals surface area (Å²) in [7, 11) is 2.83. The highest BCUT2D eigenvalue weighted by atomic mass is 35.7. The molecule has 28 heavy (non-hydrogen) atoms. The molecular weight excluding hydrogens is 451 g/mol. The average Bonchev–Trinajstić information content (AvgIpc) is 2.53. The van der Waals surface area contributed by atoms with Gasteiger partial charge in [-0.15, -0.1) is 0 Å². The van der Waals surface area contributed by atoms with Crippen molar-refractivity contribution in [1.29, 1.82) is 0 Å². The lowest BCUT2D eigenvalue weighted by atomic mass is 10.3. The molecule has 12 heteroatoms. The molecule has 2 aromatic rings. The van der Waals surface area contributed by atoms with Gasteiger partial charge in [0.05, 0.1) is 9.79 Å². The summed E-state index contributed by atoms with van der Waals surface area (Å²) in [4.78, 5) is 21.3. The quantitative estimate of drug-likeness (QED) is 0.666. The maximum atomic E-state index is 10.8. The molecule has 0 unspecified atom stereocenters. The molecule has 8 nitrogen and oxygen atoms in total. The third kappa shape index (κ3) is 8.70. The number of carbonyl (C=O) groups is 2. The fourth-order valence-corrected chi connectivity index (χ4v) is 3.35. The van der Waals surface area contributed by atoms with Gasteiger partial charge >= 0.3 is 0 Å². The molecule has 0 atom stereocenters. The molecule has 0 bridgehead atoms. The van der Waals surface area contributed by atoms with Crippen molar-refractivity contribution in [3.05, 3.63) is 48.5 Å². The number of hydrogen-bond acceptors (Lipinski definition) is 6. The van der Waals surface area contributed by atoms with E-state index in [1.54, 1.807) is 0 Å². The third-order valence-corrected chi connectivity index (χ3v) is 5.65. The first-order valence-corrected chi connectivity index (χ1v) is 12.1. The molecule has 0 aromatic heterocycles. The monoisotopic (exact) mass is 466 g/mol. The van der Waals surface area contributed by atoms with Gasteiger partial charge in [0.25, 0.3) is 18.1 Å². The van der Waals surface area contributed by atoms with Gasteiger partial charge in [0.15, 0.2) is 0 Å². The number of anilines is 2. The average molecular weight is 467 g/mol. The lowest BCUT2D eigenvalue weighted by Gasteiger charge is -2.01. The first-order valence-electron chi connectivity index (χ1n) is 7.43. The number of halogens is 2. The van der Waals surface area contributed by atoms with Crippen LogP contribution in [0.3, 0.4) is 0 Å². The molecule has 0 fully saturated rings. The van der Waals surface area contributed by atoms with Crippen LogP contribution in [0.25, 0.3) is 0 Å². The van der Waals surface area contributed by atoms with Gasteiger partial charge in [-0.3, -0.25) is 9.59 Å². The second kappa shape index (κ2) is 9.87. The van der Waals surface area contributed by atoms with Crippen LogP contribution in [-0.4, -0.2) is 28.6 Å². The minimum absolute atomic E-state index is 0.00766. The molecule has 2 N–H and O–H groups in total. The molecule has 2 rings (SSSR count). The van der Waals surface area contributed by atoms with Crippen molar-refractivity contribution >= 4 is 62.7 Å². The van der Waals surface area contributed by atoms with Crippen LogP contribution in [0.5, 0.6) is 0 Å². The second-order valence-electron chi connectivity index (χ2n) is 5.29. The molecule has 0 aliphatic rings. The predicted molar refractivity (Wildman–Crippen MR) is 108 cm³/mol. The van der Waals surface area contributed by atoms with E-state index >= 15 is 0 Å². The Labute approximate surface area is 171 Å². The van der Waals surface area contributed by atoms with E-state index in [-0.39, 0.29) is 21.6 Å². The van der Waals surface area contributed by atoms with Crippen LogP contribution in [0, 0.1) is 0 Å². The number of hydrogen-bond donors (Lipinski definition) is 2. The van der Waals surface area contributed by atoms with Crippen molar-refractivity contribution in [3.63, 3.8) is 0 Å². The zero-order chi connectivity index (χ0) is 21.5. The highest BCUT2D eigenvalue weighted by Crippen LogP contribution is 2.18. The Morgan fingerprint density at radius 3 is 1.07 bits per heavy atom. The van der Waals surface area contributed by atoms with Crippen LogP contribution in [0.15, 0.2) is 58.3 Å². The Balaban J connectivity index is 0.000000280. The molecular formula is C16H16Cl2N2O6S2. The van der Waals surface area contributed by atoms with E-state index in [2.05, 4.69) is 10.6 Å². The van der Waals surface area contributed by atoms with Crippen LogP contribution >= 0.6 is 21.4 Å². The largest absolute Gasteiger partial charge is 0.326 e. The molecule has 2 aromatic carbocycles. The fourth-order valence-electron chi connectivity index (χ4n) is 1.81. The maximum absolute atomic E-state index is 10.8. The zero-order valence-corrected chi connectivity index (χ0v) is 17.8. The van der Waals surface area contributed by atoms with Crippen molar-refractivity contribution < 1.29 is 26.4 Å². The molecule has 0 radical (unpaired) electrons. The van der Waals surface area contributed by atoms with E-state index < -0.39 is 18.1 Å². The standard InChI is InChI=1S/2C8H8ClNO3S/c2*1-6(11)10-7-2-4-8(5-3-7)14(9,12)13/h2*2-5H,1H3,(H,10,11). The van der Waals surface area contributed by atoms with Gasteiger partial charge in [-0.1, -0.05) is 0 Å². The number of nitrogens with one attached hydrogen (secondary N) is 2.